The van der Waals surface area contributed by atoms with E-state index in [4.69, 9.17) is 23.2 Å². The Labute approximate surface area is 198 Å². The maximum Gasteiger partial charge on any atom is 0.417 e. The Balaban J connectivity index is 0.000000416. The van der Waals surface area contributed by atoms with Crippen LogP contribution in [0.2, 0.25) is 10.0 Å². The fourth-order valence-corrected chi connectivity index (χ4v) is 4.07. The molecular formula is C21H21Cl2F3N4OS. The lowest BCUT2D eigenvalue weighted by Crippen LogP contribution is -2.10. The second kappa shape index (κ2) is 10.7. The number of aromatic hydroxyl groups is 1. The highest BCUT2D eigenvalue weighted by Gasteiger charge is 2.31. The van der Waals surface area contributed by atoms with Gasteiger partial charge in [-0.05, 0) is 63.3 Å². The summed E-state index contributed by atoms with van der Waals surface area (Å²) in [5.74, 6) is 0.105. The Morgan fingerprint density at radius 2 is 1.81 bits per heavy atom. The molecule has 0 amide bonds. The molecule has 0 aliphatic carbocycles. The molecule has 1 aliphatic rings. The van der Waals surface area contributed by atoms with Gasteiger partial charge in [-0.1, -0.05) is 23.2 Å². The van der Waals surface area contributed by atoms with Crippen molar-refractivity contribution in [3.05, 3.63) is 64.4 Å². The Morgan fingerprint density at radius 1 is 1.09 bits per heavy atom. The second-order valence-electron chi connectivity index (χ2n) is 7.12. The van der Waals surface area contributed by atoms with Crippen molar-refractivity contribution in [2.75, 3.05) is 24.9 Å². The number of hydrogen-bond donors (Lipinski definition) is 2. The Kier molecular flexibility index (Phi) is 8.21. The van der Waals surface area contributed by atoms with Gasteiger partial charge in [-0.3, -0.25) is 4.57 Å². The highest BCUT2D eigenvalue weighted by atomic mass is 35.5. The van der Waals surface area contributed by atoms with Crippen molar-refractivity contribution in [3.63, 3.8) is 0 Å². The number of hydrogen-bond acceptors (Lipinski definition) is 5. The number of nitrogens with zero attached hydrogens (tertiary/aromatic N) is 3. The van der Waals surface area contributed by atoms with Gasteiger partial charge in [-0.25, -0.2) is 4.98 Å². The van der Waals surface area contributed by atoms with Crippen LogP contribution in [0.25, 0.3) is 5.82 Å². The summed E-state index contributed by atoms with van der Waals surface area (Å²) >= 11 is 12.9. The number of pyridine rings is 1. The Morgan fingerprint density at radius 3 is 2.38 bits per heavy atom. The van der Waals surface area contributed by atoms with Crippen LogP contribution in [0, 0.1) is 0 Å². The molecule has 5 nitrogen and oxygen atoms in total. The summed E-state index contributed by atoms with van der Waals surface area (Å²) in [6.45, 7) is 2.64. The van der Waals surface area contributed by atoms with Crippen molar-refractivity contribution in [1.82, 2.24) is 14.5 Å². The summed E-state index contributed by atoms with van der Waals surface area (Å²) in [4.78, 5) is 6.20. The maximum absolute atomic E-state index is 12.7. The first kappa shape index (κ1) is 24.6. The molecule has 11 heteroatoms. The molecular weight excluding hydrogens is 484 g/mol. The van der Waals surface area contributed by atoms with Crippen LogP contribution >= 0.6 is 35.1 Å². The third kappa shape index (κ3) is 6.48. The summed E-state index contributed by atoms with van der Waals surface area (Å²) < 4.78 is 42.8. The first-order valence-corrected chi connectivity index (χ1v) is 11.2. The molecule has 3 heterocycles. The van der Waals surface area contributed by atoms with Crippen LogP contribution in [0.5, 0.6) is 5.75 Å². The summed E-state index contributed by atoms with van der Waals surface area (Å²) in [5.41, 5.74) is -0.321. The molecule has 1 aliphatic heterocycles. The highest BCUT2D eigenvalue weighted by molar-refractivity contribution is 8.00. The van der Waals surface area contributed by atoms with E-state index in [-0.39, 0.29) is 21.6 Å². The molecule has 2 aromatic heterocycles. The average Bonchev–Trinajstić information content (AvgIpc) is 3.40. The number of likely N-dealkylation sites (tertiary alicyclic amines) is 1. The zero-order valence-corrected chi connectivity index (χ0v) is 19.4. The van der Waals surface area contributed by atoms with Gasteiger partial charge < -0.3 is 14.7 Å². The van der Waals surface area contributed by atoms with Crippen molar-refractivity contribution in [2.45, 2.75) is 24.0 Å². The van der Waals surface area contributed by atoms with E-state index in [1.54, 1.807) is 29.0 Å². The highest BCUT2D eigenvalue weighted by Crippen LogP contribution is 2.34. The minimum atomic E-state index is -4.51. The zero-order valence-electron chi connectivity index (χ0n) is 17.0. The van der Waals surface area contributed by atoms with E-state index in [0.29, 0.717) is 10.7 Å². The topological polar surface area (TPSA) is 53.3 Å². The third-order valence-electron chi connectivity index (χ3n) is 4.64. The van der Waals surface area contributed by atoms with Crippen molar-refractivity contribution in [1.29, 1.82) is 0 Å². The van der Waals surface area contributed by atoms with E-state index in [1.165, 1.54) is 50.0 Å². The smallest absolute Gasteiger partial charge is 0.417 e. The predicted molar refractivity (Wildman–Crippen MR) is 123 cm³/mol. The van der Waals surface area contributed by atoms with Gasteiger partial charge in [-0.2, -0.15) is 13.2 Å². The Hall–Kier alpha value is -2.07. The van der Waals surface area contributed by atoms with E-state index >= 15 is 0 Å². The van der Waals surface area contributed by atoms with E-state index in [9.17, 15) is 18.3 Å². The van der Waals surface area contributed by atoms with E-state index in [0.717, 1.165) is 12.3 Å². The van der Waals surface area contributed by atoms with Gasteiger partial charge in [-0.15, -0.1) is 0 Å². The van der Waals surface area contributed by atoms with Crippen LogP contribution in [-0.2, 0) is 6.18 Å². The van der Waals surface area contributed by atoms with Crippen molar-refractivity contribution < 1.29 is 18.3 Å². The number of aromatic nitrogens is 2. The van der Waals surface area contributed by atoms with Crippen LogP contribution in [0.15, 0.2) is 53.8 Å². The van der Waals surface area contributed by atoms with Crippen LogP contribution in [0.1, 0.15) is 18.4 Å². The normalized spacial score (nSPS) is 14.2. The molecule has 0 unspecified atom stereocenters. The number of nitrogens with one attached hydrogen (secondary N) is 1. The van der Waals surface area contributed by atoms with Gasteiger partial charge in [0.2, 0.25) is 0 Å². The largest absolute Gasteiger partial charge is 0.506 e. The molecule has 0 radical (unpaired) electrons. The molecule has 1 saturated heterocycles. The SMILES string of the molecule is CN1CCCC1.Oc1cc(NSc2cccn2-c2ncc(C(F)(F)F)cc2Cl)ccc1Cl. The minimum Gasteiger partial charge on any atom is -0.506 e. The van der Waals surface area contributed by atoms with Crippen LogP contribution in [-0.4, -0.2) is 39.7 Å². The van der Waals surface area contributed by atoms with Gasteiger partial charge in [0.1, 0.15) is 10.8 Å². The van der Waals surface area contributed by atoms with E-state index < -0.39 is 11.7 Å². The Bertz CT molecular complexity index is 1060. The number of phenolic OH excluding ortho intramolecular Hbond substituents is 1. The fraction of sp³-hybridized carbons (Fsp3) is 0.286. The summed E-state index contributed by atoms with van der Waals surface area (Å²) in [6, 6.07) is 8.94. The molecule has 0 saturated carbocycles. The van der Waals surface area contributed by atoms with Gasteiger partial charge in [0.05, 0.1) is 15.6 Å². The van der Waals surface area contributed by atoms with Gasteiger partial charge in [0.25, 0.3) is 0 Å². The van der Waals surface area contributed by atoms with Crippen molar-refractivity contribution in [3.8, 4) is 11.6 Å². The summed E-state index contributed by atoms with van der Waals surface area (Å²) in [7, 11) is 2.17. The second-order valence-corrected chi connectivity index (χ2v) is 8.77. The molecule has 0 atom stereocenters. The molecule has 4 rings (SSSR count). The number of phenols is 1. The molecule has 3 aromatic rings. The van der Waals surface area contributed by atoms with Crippen molar-refractivity contribution >= 4 is 40.8 Å². The van der Waals surface area contributed by atoms with Gasteiger partial charge in [0.15, 0.2) is 5.82 Å². The summed E-state index contributed by atoms with van der Waals surface area (Å²) in [5, 5.41) is 10.3. The minimum absolute atomic E-state index is 0.0694. The quantitative estimate of drug-likeness (QED) is 0.385. The lowest BCUT2D eigenvalue weighted by atomic mass is 10.3. The molecule has 2 N–H and O–H groups in total. The van der Waals surface area contributed by atoms with Gasteiger partial charge >= 0.3 is 6.18 Å². The van der Waals surface area contributed by atoms with Crippen LogP contribution < -0.4 is 4.72 Å². The number of rotatable bonds is 4. The molecule has 1 aromatic carbocycles. The molecule has 32 heavy (non-hydrogen) atoms. The number of anilines is 1. The standard InChI is InChI=1S/C16H10Cl2F3N3OS.C5H11N/c17-11-4-3-10(7-13(11)25)23-26-14-2-1-5-24(14)15-12(18)6-9(8-22-15)16(19,20)21;1-6-4-2-3-5-6/h1-8,23,25H;2-5H2,1H3. The first-order chi connectivity index (χ1) is 15.1. The van der Waals surface area contributed by atoms with Crippen LogP contribution in [0.4, 0.5) is 18.9 Å². The first-order valence-electron chi connectivity index (χ1n) is 9.65. The summed E-state index contributed by atoms with van der Waals surface area (Å²) in [6.07, 6.45) is 0.680. The fourth-order valence-electron chi connectivity index (χ4n) is 2.95. The third-order valence-corrected chi connectivity index (χ3v) is 6.12. The molecule has 1 fully saturated rings. The van der Waals surface area contributed by atoms with E-state index in [2.05, 4.69) is 21.7 Å². The average molecular weight is 505 g/mol. The predicted octanol–water partition coefficient (Wildman–Crippen LogP) is 6.73. The molecule has 0 spiro atoms. The number of halogens is 5. The van der Waals surface area contributed by atoms with Crippen molar-refractivity contribution in [2.24, 2.45) is 0 Å². The maximum atomic E-state index is 12.7. The lowest BCUT2D eigenvalue weighted by Gasteiger charge is -2.13. The molecule has 172 valence electrons. The zero-order chi connectivity index (χ0) is 23.3. The molecule has 0 bridgehead atoms. The van der Waals surface area contributed by atoms with Gasteiger partial charge in [0, 0.05) is 36.1 Å². The van der Waals surface area contributed by atoms with Crippen LogP contribution in [0.3, 0.4) is 0 Å². The van der Waals surface area contributed by atoms with E-state index in [1.807, 2.05) is 0 Å². The monoisotopic (exact) mass is 504 g/mol. The number of alkyl halides is 3. The number of benzene rings is 1. The lowest BCUT2D eigenvalue weighted by molar-refractivity contribution is -0.137.